The number of aliphatic imine (C=N–C) groups is 1. The molecule has 0 aromatic heterocycles. The van der Waals surface area contributed by atoms with Gasteiger partial charge in [0.1, 0.15) is 0 Å². The molecule has 0 fully saturated rings. The number of hydrogen-bond donors (Lipinski definition) is 3. The average Bonchev–Trinajstić information content (AvgIpc) is 1.96. The van der Waals surface area contributed by atoms with Crippen molar-refractivity contribution in [1.82, 2.24) is 0 Å². The summed E-state index contributed by atoms with van der Waals surface area (Å²) in [5.74, 6) is 0. The van der Waals surface area contributed by atoms with Crippen LogP contribution in [0.5, 0.6) is 0 Å². The fourth-order valence-electron chi connectivity index (χ4n) is 0.827. The number of aliphatic hydroxyl groups excluding tert-OH is 1. The zero-order valence-corrected chi connectivity index (χ0v) is 7.67. The van der Waals surface area contributed by atoms with Gasteiger partial charge in [-0.05, 0) is 26.7 Å². The van der Waals surface area contributed by atoms with Gasteiger partial charge in [0.15, 0.2) is 0 Å². The lowest BCUT2D eigenvalue weighted by Crippen LogP contribution is -2.33. The first kappa shape index (κ1) is 11.3. The van der Waals surface area contributed by atoms with Gasteiger partial charge in [0.25, 0.3) is 0 Å². The summed E-state index contributed by atoms with van der Waals surface area (Å²) in [5.41, 5.74) is 5.51. The summed E-state index contributed by atoms with van der Waals surface area (Å²) in [6, 6.07) is 1.71. The Bertz CT molecular complexity index is 168. The molecule has 70 valence electrons. The average molecular weight is 171 g/mol. The van der Waals surface area contributed by atoms with Crippen molar-refractivity contribution >= 4 is 6.01 Å². The highest BCUT2D eigenvalue weighted by atomic mass is 16.3. The summed E-state index contributed by atoms with van der Waals surface area (Å²) in [7, 11) is 0. The topological polar surface area (TPSA) is 82.5 Å². The molecule has 0 saturated carbocycles. The molecule has 0 aliphatic carbocycles. The molecule has 1 unspecified atom stereocenters. The van der Waals surface area contributed by atoms with Gasteiger partial charge < -0.3 is 10.8 Å². The summed E-state index contributed by atoms with van der Waals surface area (Å²) in [6.45, 7) is 3.81. The van der Waals surface area contributed by atoms with Gasteiger partial charge in [-0.15, -0.1) is 0 Å². The minimum atomic E-state index is -0.231. The van der Waals surface area contributed by atoms with Gasteiger partial charge in [0, 0.05) is 5.54 Å². The molecule has 0 aliphatic heterocycles. The number of nitrogens with one attached hydrogen (secondary N) is 1. The third-order valence-corrected chi connectivity index (χ3v) is 1.58. The Labute approximate surface area is 73.0 Å². The molecule has 0 aromatic rings. The van der Waals surface area contributed by atoms with E-state index < -0.39 is 0 Å². The second-order valence-electron chi connectivity index (χ2n) is 3.60. The Balaban J connectivity index is 3.80. The highest BCUT2D eigenvalue weighted by Crippen LogP contribution is 2.10. The van der Waals surface area contributed by atoms with Crippen LogP contribution in [0.3, 0.4) is 0 Å². The fraction of sp³-hybridized carbons (Fsp3) is 0.875. The normalized spacial score (nSPS) is 13.7. The number of rotatable bonds is 5. The van der Waals surface area contributed by atoms with E-state index in [1.807, 2.05) is 19.9 Å². The Morgan fingerprint density at radius 2 is 2.25 bits per heavy atom. The summed E-state index contributed by atoms with van der Waals surface area (Å²) >= 11 is 0. The summed E-state index contributed by atoms with van der Waals surface area (Å²) in [5, 5.41) is 15.4. The third-order valence-electron chi connectivity index (χ3n) is 1.58. The zero-order chi connectivity index (χ0) is 9.61. The lowest BCUT2D eigenvalue weighted by Gasteiger charge is -2.19. The van der Waals surface area contributed by atoms with E-state index in [9.17, 15) is 0 Å². The van der Waals surface area contributed by atoms with Crippen LogP contribution in [0.2, 0.25) is 0 Å². The number of hydrogen-bond acceptors (Lipinski definition) is 4. The molecule has 0 heterocycles. The number of nitrogens with zero attached hydrogens (tertiary/aromatic N) is 1. The Kier molecular flexibility index (Phi) is 4.74. The first-order valence-corrected chi connectivity index (χ1v) is 4.01. The molecule has 0 radical (unpaired) electrons. The van der Waals surface area contributed by atoms with Crippen molar-refractivity contribution in [2.75, 3.05) is 6.61 Å². The highest BCUT2D eigenvalue weighted by Gasteiger charge is 2.13. The second-order valence-corrected chi connectivity index (χ2v) is 3.60. The van der Waals surface area contributed by atoms with E-state index in [0.717, 1.165) is 6.42 Å². The standard InChI is InChI=1S/C8H17N3O/c1-8(2,10)4-3-7(5-12)11-6-9/h7,9,12H,3-5,10H2,1-2H3. The molecule has 0 bridgehead atoms. The minimum absolute atomic E-state index is 0.0397. The van der Waals surface area contributed by atoms with E-state index >= 15 is 0 Å². The molecule has 4 heteroatoms. The molecule has 0 aliphatic rings. The quantitative estimate of drug-likeness (QED) is 0.530. The maximum absolute atomic E-state index is 8.80. The van der Waals surface area contributed by atoms with Crippen LogP contribution < -0.4 is 5.73 Å². The molecule has 4 nitrogen and oxygen atoms in total. The van der Waals surface area contributed by atoms with Crippen molar-refractivity contribution in [3.05, 3.63) is 0 Å². The van der Waals surface area contributed by atoms with E-state index in [1.165, 1.54) is 0 Å². The van der Waals surface area contributed by atoms with E-state index in [2.05, 4.69) is 4.99 Å². The Morgan fingerprint density at radius 3 is 2.58 bits per heavy atom. The second kappa shape index (κ2) is 5.04. The van der Waals surface area contributed by atoms with Gasteiger partial charge >= 0.3 is 0 Å². The molecule has 0 rings (SSSR count). The summed E-state index contributed by atoms with van der Waals surface area (Å²) in [4.78, 5) is 3.66. The van der Waals surface area contributed by atoms with Crippen LogP contribution in [0.25, 0.3) is 0 Å². The molecule has 4 N–H and O–H groups in total. The molecule has 1 atom stereocenters. The monoisotopic (exact) mass is 171 g/mol. The van der Waals surface area contributed by atoms with Crippen molar-refractivity contribution in [3.8, 4) is 0 Å². The predicted molar refractivity (Wildman–Crippen MR) is 48.5 cm³/mol. The summed E-state index contributed by atoms with van der Waals surface area (Å²) < 4.78 is 0. The molecule has 0 spiro atoms. The van der Waals surface area contributed by atoms with Crippen molar-refractivity contribution in [2.24, 2.45) is 10.7 Å². The van der Waals surface area contributed by atoms with Crippen LogP contribution in [0.4, 0.5) is 0 Å². The van der Waals surface area contributed by atoms with Gasteiger partial charge in [-0.25, -0.2) is 10.4 Å². The molecular weight excluding hydrogens is 154 g/mol. The van der Waals surface area contributed by atoms with Gasteiger partial charge in [-0.1, -0.05) is 0 Å². The lowest BCUT2D eigenvalue weighted by atomic mass is 9.97. The maximum atomic E-state index is 8.80. The van der Waals surface area contributed by atoms with Crippen LogP contribution in [0.15, 0.2) is 4.99 Å². The van der Waals surface area contributed by atoms with Crippen molar-refractivity contribution in [3.63, 3.8) is 0 Å². The molecule has 0 amide bonds. The van der Waals surface area contributed by atoms with Crippen molar-refractivity contribution in [2.45, 2.75) is 38.3 Å². The largest absolute Gasteiger partial charge is 0.394 e. The van der Waals surface area contributed by atoms with E-state index in [0.29, 0.717) is 6.42 Å². The van der Waals surface area contributed by atoms with E-state index in [-0.39, 0.29) is 18.2 Å². The van der Waals surface area contributed by atoms with Crippen LogP contribution in [-0.2, 0) is 0 Å². The SMILES string of the molecule is CC(C)(N)CCC(CO)N=C=N. The highest BCUT2D eigenvalue weighted by molar-refractivity contribution is 5.36. The first-order valence-electron chi connectivity index (χ1n) is 4.01. The van der Waals surface area contributed by atoms with E-state index in [1.54, 1.807) is 0 Å². The fourth-order valence-corrected chi connectivity index (χ4v) is 0.827. The first-order chi connectivity index (χ1) is 5.49. The molecule has 12 heavy (non-hydrogen) atoms. The van der Waals surface area contributed by atoms with Crippen LogP contribution in [0, 0.1) is 5.41 Å². The number of nitrogens with two attached hydrogens (primary N) is 1. The van der Waals surface area contributed by atoms with Gasteiger partial charge in [0.05, 0.1) is 18.7 Å². The Hall–Kier alpha value is -0.700. The zero-order valence-electron chi connectivity index (χ0n) is 7.67. The summed E-state index contributed by atoms with van der Waals surface area (Å²) in [6.07, 6.45) is 1.48. The lowest BCUT2D eigenvalue weighted by molar-refractivity contribution is 0.253. The number of aliphatic hydroxyl groups is 1. The maximum Gasteiger partial charge on any atom is 0.0865 e. The van der Waals surface area contributed by atoms with Crippen LogP contribution in [0.1, 0.15) is 26.7 Å². The Morgan fingerprint density at radius 1 is 1.67 bits per heavy atom. The molecule has 0 aromatic carbocycles. The van der Waals surface area contributed by atoms with Crippen LogP contribution in [-0.4, -0.2) is 29.3 Å². The third kappa shape index (κ3) is 6.04. The van der Waals surface area contributed by atoms with Crippen molar-refractivity contribution in [1.29, 1.82) is 5.41 Å². The molecule has 0 saturated heterocycles. The predicted octanol–water partition coefficient (Wildman–Crippen LogP) is 0.617. The molecular formula is C8H17N3O. The van der Waals surface area contributed by atoms with Crippen LogP contribution >= 0.6 is 0 Å². The van der Waals surface area contributed by atoms with Crippen molar-refractivity contribution < 1.29 is 5.11 Å². The smallest absolute Gasteiger partial charge is 0.0865 e. The van der Waals surface area contributed by atoms with Gasteiger partial charge in [0.2, 0.25) is 0 Å². The van der Waals surface area contributed by atoms with Gasteiger partial charge in [-0.3, -0.25) is 0 Å². The van der Waals surface area contributed by atoms with Gasteiger partial charge in [-0.2, -0.15) is 0 Å². The minimum Gasteiger partial charge on any atom is -0.394 e. The van der Waals surface area contributed by atoms with E-state index in [4.69, 9.17) is 16.2 Å².